The van der Waals surface area contributed by atoms with Crippen molar-refractivity contribution in [2.45, 2.75) is 25.3 Å². The number of aromatic nitrogens is 1. The molecule has 0 radical (unpaired) electrons. The normalized spacial score (nSPS) is 26.4. The molecule has 3 nitrogen and oxygen atoms in total. The van der Waals surface area contributed by atoms with Crippen molar-refractivity contribution in [1.29, 1.82) is 0 Å². The Morgan fingerprint density at radius 2 is 2.36 bits per heavy atom. The van der Waals surface area contributed by atoms with Gasteiger partial charge in [-0.2, -0.15) is 0 Å². The zero-order valence-corrected chi connectivity index (χ0v) is 8.32. The molecule has 1 heterocycles. The molecule has 0 amide bonds. The first-order valence-corrected chi connectivity index (χ1v) is 5.27. The second-order valence-electron chi connectivity index (χ2n) is 3.95. The highest BCUT2D eigenvalue weighted by molar-refractivity contribution is 5.33. The molecule has 76 valence electrons. The number of anilines is 1. The van der Waals surface area contributed by atoms with Crippen molar-refractivity contribution in [2.24, 2.45) is 11.7 Å². The Morgan fingerprint density at radius 1 is 1.43 bits per heavy atom. The van der Waals surface area contributed by atoms with Crippen LogP contribution < -0.4 is 11.1 Å². The lowest BCUT2D eigenvalue weighted by Gasteiger charge is -2.15. The highest BCUT2D eigenvalue weighted by Crippen LogP contribution is 2.23. The molecular weight excluding hydrogens is 174 g/mol. The number of nitrogens with one attached hydrogen (secondary N) is 1. The van der Waals surface area contributed by atoms with Crippen molar-refractivity contribution in [3.63, 3.8) is 0 Å². The minimum atomic E-state index is 0.381. The third kappa shape index (κ3) is 2.23. The fourth-order valence-corrected chi connectivity index (χ4v) is 2.02. The lowest BCUT2D eigenvalue weighted by molar-refractivity contribution is 0.504. The Labute approximate surface area is 84.7 Å². The number of rotatable bonds is 3. The zero-order chi connectivity index (χ0) is 9.80. The maximum atomic E-state index is 5.98. The van der Waals surface area contributed by atoms with Gasteiger partial charge < -0.3 is 11.1 Å². The number of nitrogens with two attached hydrogens (primary N) is 1. The third-order valence-electron chi connectivity index (χ3n) is 2.93. The molecule has 1 fully saturated rings. The Hall–Kier alpha value is -1.09. The molecule has 3 heteroatoms. The fourth-order valence-electron chi connectivity index (χ4n) is 2.02. The minimum Gasteiger partial charge on any atom is -0.370 e. The summed E-state index contributed by atoms with van der Waals surface area (Å²) < 4.78 is 0. The Bertz CT molecular complexity index is 273. The van der Waals surface area contributed by atoms with Gasteiger partial charge in [0.25, 0.3) is 0 Å². The summed E-state index contributed by atoms with van der Waals surface area (Å²) in [7, 11) is 0. The van der Waals surface area contributed by atoms with Crippen molar-refractivity contribution in [1.82, 2.24) is 4.98 Å². The van der Waals surface area contributed by atoms with E-state index in [9.17, 15) is 0 Å². The molecule has 0 aromatic carbocycles. The van der Waals surface area contributed by atoms with Crippen LogP contribution in [0.4, 0.5) is 5.82 Å². The molecule has 0 aliphatic heterocycles. The highest BCUT2D eigenvalue weighted by Gasteiger charge is 2.23. The average molecular weight is 191 g/mol. The van der Waals surface area contributed by atoms with E-state index >= 15 is 0 Å². The van der Waals surface area contributed by atoms with Gasteiger partial charge in [0.1, 0.15) is 5.82 Å². The molecule has 1 aliphatic rings. The molecular formula is C11H17N3. The summed E-state index contributed by atoms with van der Waals surface area (Å²) in [6, 6.07) is 6.28. The lowest BCUT2D eigenvalue weighted by Crippen LogP contribution is -2.29. The van der Waals surface area contributed by atoms with Crippen LogP contribution in [0.3, 0.4) is 0 Å². The molecule has 14 heavy (non-hydrogen) atoms. The Kier molecular flexibility index (Phi) is 2.99. The molecule has 0 saturated heterocycles. The first-order chi connectivity index (χ1) is 6.86. The van der Waals surface area contributed by atoms with E-state index in [-0.39, 0.29) is 0 Å². The van der Waals surface area contributed by atoms with Crippen molar-refractivity contribution >= 4 is 5.82 Å². The fraction of sp³-hybridized carbons (Fsp3) is 0.545. The van der Waals surface area contributed by atoms with E-state index in [2.05, 4.69) is 10.3 Å². The second-order valence-corrected chi connectivity index (χ2v) is 3.95. The van der Waals surface area contributed by atoms with Gasteiger partial charge >= 0.3 is 0 Å². The Morgan fingerprint density at radius 3 is 3.00 bits per heavy atom. The van der Waals surface area contributed by atoms with Gasteiger partial charge in [-0.25, -0.2) is 4.98 Å². The van der Waals surface area contributed by atoms with E-state index in [4.69, 9.17) is 5.73 Å². The van der Waals surface area contributed by atoms with Crippen LogP contribution >= 0.6 is 0 Å². The number of hydrogen-bond acceptors (Lipinski definition) is 3. The monoisotopic (exact) mass is 191 g/mol. The predicted octanol–water partition coefficient (Wildman–Crippen LogP) is 1.62. The maximum absolute atomic E-state index is 5.98. The molecule has 3 N–H and O–H groups in total. The van der Waals surface area contributed by atoms with Gasteiger partial charge in [-0.15, -0.1) is 0 Å². The van der Waals surface area contributed by atoms with E-state index in [1.807, 2.05) is 18.2 Å². The van der Waals surface area contributed by atoms with Crippen LogP contribution in [0.5, 0.6) is 0 Å². The predicted molar refractivity (Wildman–Crippen MR) is 58.0 cm³/mol. The van der Waals surface area contributed by atoms with Crippen molar-refractivity contribution in [2.75, 3.05) is 11.9 Å². The van der Waals surface area contributed by atoms with Crippen molar-refractivity contribution in [3.05, 3.63) is 24.4 Å². The van der Waals surface area contributed by atoms with E-state index in [1.54, 1.807) is 6.20 Å². The van der Waals surface area contributed by atoms with Crippen LogP contribution in [-0.2, 0) is 0 Å². The molecule has 0 bridgehead atoms. The first-order valence-electron chi connectivity index (χ1n) is 5.27. The second kappa shape index (κ2) is 4.42. The van der Waals surface area contributed by atoms with Gasteiger partial charge in [0, 0.05) is 18.8 Å². The summed E-state index contributed by atoms with van der Waals surface area (Å²) in [4.78, 5) is 4.21. The summed E-state index contributed by atoms with van der Waals surface area (Å²) >= 11 is 0. The topological polar surface area (TPSA) is 50.9 Å². The van der Waals surface area contributed by atoms with Gasteiger partial charge in [-0.1, -0.05) is 12.5 Å². The van der Waals surface area contributed by atoms with E-state index in [0.717, 1.165) is 12.4 Å². The van der Waals surface area contributed by atoms with Gasteiger partial charge in [0.15, 0.2) is 0 Å². The van der Waals surface area contributed by atoms with Gasteiger partial charge in [0.05, 0.1) is 0 Å². The SMILES string of the molecule is NC1CCCC1CNc1ccccn1. The molecule has 1 saturated carbocycles. The van der Waals surface area contributed by atoms with Crippen LogP contribution in [0.25, 0.3) is 0 Å². The van der Waals surface area contributed by atoms with Crippen molar-refractivity contribution in [3.8, 4) is 0 Å². The van der Waals surface area contributed by atoms with Crippen LogP contribution in [0, 0.1) is 5.92 Å². The van der Waals surface area contributed by atoms with Gasteiger partial charge in [-0.3, -0.25) is 0 Å². The minimum absolute atomic E-state index is 0.381. The summed E-state index contributed by atoms with van der Waals surface area (Å²) in [5.74, 6) is 1.57. The van der Waals surface area contributed by atoms with Crippen LogP contribution in [-0.4, -0.2) is 17.6 Å². The van der Waals surface area contributed by atoms with Crippen molar-refractivity contribution < 1.29 is 0 Å². The lowest BCUT2D eigenvalue weighted by atomic mass is 10.1. The molecule has 1 aromatic rings. The third-order valence-corrected chi connectivity index (χ3v) is 2.93. The molecule has 1 aromatic heterocycles. The smallest absolute Gasteiger partial charge is 0.125 e. The summed E-state index contributed by atoms with van der Waals surface area (Å²) in [5.41, 5.74) is 5.98. The molecule has 2 rings (SSSR count). The standard InChI is InChI=1S/C11H17N3/c12-10-5-3-4-9(10)8-14-11-6-1-2-7-13-11/h1-2,6-7,9-10H,3-5,8,12H2,(H,13,14). The average Bonchev–Trinajstić information content (AvgIpc) is 2.63. The maximum Gasteiger partial charge on any atom is 0.125 e. The van der Waals surface area contributed by atoms with Gasteiger partial charge in [0.2, 0.25) is 0 Å². The van der Waals surface area contributed by atoms with E-state index < -0.39 is 0 Å². The number of nitrogens with zero attached hydrogens (tertiary/aromatic N) is 1. The molecule has 2 atom stereocenters. The molecule has 0 spiro atoms. The summed E-state index contributed by atoms with van der Waals surface area (Å²) in [5, 5.41) is 3.33. The number of pyridine rings is 1. The molecule has 2 unspecified atom stereocenters. The first kappa shape index (κ1) is 9.46. The number of hydrogen-bond donors (Lipinski definition) is 2. The largest absolute Gasteiger partial charge is 0.370 e. The Balaban J connectivity index is 1.82. The van der Waals surface area contributed by atoms with Crippen LogP contribution in [0.15, 0.2) is 24.4 Å². The van der Waals surface area contributed by atoms with Crippen LogP contribution in [0.1, 0.15) is 19.3 Å². The van der Waals surface area contributed by atoms with E-state index in [0.29, 0.717) is 12.0 Å². The quantitative estimate of drug-likeness (QED) is 0.763. The van der Waals surface area contributed by atoms with Gasteiger partial charge in [-0.05, 0) is 30.9 Å². The molecule has 1 aliphatic carbocycles. The summed E-state index contributed by atoms with van der Waals surface area (Å²) in [6.45, 7) is 0.957. The van der Waals surface area contributed by atoms with Crippen LogP contribution in [0.2, 0.25) is 0 Å². The zero-order valence-electron chi connectivity index (χ0n) is 8.32. The highest BCUT2D eigenvalue weighted by atomic mass is 15.0. The van der Waals surface area contributed by atoms with E-state index in [1.165, 1.54) is 19.3 Å². The summed E-state index contributed by atoms with van der Waals surface area (Å²) in [6.07, 6.45) is 5.50.